The standard InChI is InChI=1S/C16H25N3O/c1-12(2)9-17-14-6-7-15(18-10-14)16(20)19-8-4-5-13(3)11-19/h6-7,10,12-13,17H,4-5,8-9,11H2,1-3H3. The Kier molecular flexibility index (Phi) is 4.99. The fourth-order valence-electron chi connectivity index (χ4n) is 2.48. The van der Waals surface area contributed by atoms with E-state index in [0.29, 0.717) is 17.5 Å². The van der Waals surface area contributed by atoms with Crippen molar-refractivity contribution >= 4 is 11.6 Å². The number of amides is 1. The maximum atomic E-state index is 12.4. The molecule has 0 aromatic carbocycles. The van der Waals surface area contributed by atoms with Crippen molar-refractivity contribution in [2.45, 2.75) is 33.6 Å². The fraction of sp³-hybridized carbons (Fsp3) is 0.625. The normalized spacial score (nSPS) is 19.2. The number of hydrogen-bond acceptors (Lipinski definition) is 3. The molecule has 1 amide bonds. The summed E-state index contributed by atoms with van der Waals surface area (Å²) >= 11 is 0. The van der Waals surface area contributed by atoms with Crippen LogP contribution in [-0.4, -0.2) is 35.4 Å². The van der Waals surface area contributed by atoms with Crippen LogP contribution in [0.15, 0.2) is 18.3 Å². The predicted octanol–water partition coefficient (Wildman–Crippen LogP) is 3.02. The number of likely N-dealkylation sites (tertiary alicyclic amines) is 1. The predicted molar refractivity (Wildman–Crippen MR) is 81.9 cm³/mol. The Bertz CT molecular complexity index is 442. The zero-order valence-electron chi connectivity index (χ0n) is 12.7. The summed E-state index contributed by atoms with van der Waals surface area (Å²) in [5, 5.41) is 3.31. The number of nitrogens with one attached hydrogen (secondary N) is 1. The van der Waals surface area contributed by atoms with Gasteiger partial charge in [0.25, 0.3) is 5.91 Å². The Morgan fingerprint density at radius 3 is 2.90 bits per heavy atom. The molecule has 4 nitrogen and oxygen atoms in total. The third-order valence-electron chi connectivity index (χ3n) is 3.64. The number of aromatic nitrogens is 1. The molecule has 2 rings (SSSR count). The van der Waals surface area contributed by atoms with Gasteiger partial charge in [-0.25, -0.2) is 4.98 Å². The first kappa shape index (κ1) is 14.8. The molecule has 1 unspecified atom stereocenters. The summed E-state index contributed by atoms with van der Waals surface area (Å²) in [6, 6.07) is 3.76. The maximum Gasteiger partial charge on any atom is 0.272 e. The lowest BCUT2D eigenvalue weighted by molar-refractivity contribution is 0.0677. The van der Waals surface area contributed by atoms with Crippen molar-refractivity contribution in [1.82, 2.24) is 9.88 Å². The first-order valence-electron chi connectivity index (χ1n) is 7.55. The second-order valence-electron chi connectivity index (χ2n) is 6.21. The van der Waals surface area contributed by atoms with Gasteiger partial charge in [-0.15, -0.1) is 0 Å². The van der Waals surface area contributed by atoms with Gasteiger partial charge in [-0.1, -0.05) is 20.8 Å². The molecule has 4 heteroatoms. The van der Waals surface area contributed by atoms with Crippen molar-refractivity contribution in [3.8, 4) is 0 Å². The Labute approximate surface area is 121 Å². The molecule has 110 valence electrons. The van der Waals surface area contributed by atoms with Crippen LogP contribution in [0.2, 0.25) is 0 Å². The highest BCUT2D eigenvalue weighted by Gasteiger charge is 2.22. The van der Waals surface area contributed by atoms with Crippen LogP contribution in [0.5, 0.6) is 0 Å². The molecule has 1 N–H and O–H groups in total. The molecule has 1 atom stereocenters. The van der Waals surface area contributed by atoms with E-state index in [9.17, 15) is 4.79 Å². The number of rotatable bonds is 4. The van der Waals surface area contributed by atoms with Gasteiger partial charge in [0, 0.05) is 19.6 Å². The molecule has 1 saturated heterocycles. The molecule has 1 aliphatic rings. The van der Waals surface area contributed by atoms with Gasteiger partial charge in [-0.2, -0.15) is 0 Å². The van der Waals surface area contributed by atoms with Gasteiger partial charge < -0.3 is 10.2 Å². The Hall–Kier alpha value is -1.58. The van der Waals surface area contributed by atoms with Gasteiger partial charge >= 0.3 is 0 Å². The number of pyridine rings is 1. The van der Waals surface area contributed by atoms with E-state index < -0.39 is 0 Å². The third-order valence-corrected chi connectivity index (χ3v) is 3.64. The molecule has 2 heterocycles. The lowest BCUT2D eigenvalue weighted by Gasteiger charge is -2.30. The summed E-state index contributed by atoms with van der Waals surface area (Å²) in [5.74, 6) is 1.25. The van der Waals surface area contributed by atoms with Gasteiger partial charge in [-0.3, -0.25) is 4.79 Å². The Morgan fingerprint density at radius 1 is 1.50 bits per heavy atom. The molecule has 0 radical (unpaired) electrons. The summed E-state index contributed by atoms with van der Waals surface area (Å²) in [6.45, 7) is 9.15. The third kappa shape index (κ3) is 3.95. The van der Waals surface area contributed by atoms with Gasteiger partial charge in [0.2, 0.25) is 0 Å². The summed E-state index contributed by atoms with van der Waals surface area (Å²) in [5.41, 5.74) is 1.52. The van der Waals surface area contributed by atoms with Crippen molar-refractivity contribution in [2.75, 3.05) is 25.0 Å². The molecule has 0 saturated carbocycles. The van der Waals surface area contributed by atoms with E-state index in [1.807, 2.05) is 17.0 Å². The van der Waals surface area contributed by atoms with E-state index >= 15 is 0 Å². The van der Waals surface area contributed by atoms with Gasteiger partial charge in [-0.05, 0) is 36.8 Å². The highest BCUT2D eigenvalue weighted by Crippen LogP contribution is 2.17. The van der Waals surface area contributed by atoms with E-state index in [0.717, 1.165) is 31.7 Å². The van der Waals surface area contributed by atoms with Crippen LogP contribution in [0.3, 0.4) is 0 Å². The average Bonchev–Trinajstić information content (AvgIpc) is 2.45. The number of piperidine rings is 1. The molecular formula is C16H25N3O. The molecular weight excluding hydrogens is 250 g/mol. The molecule has 0 aliphatic carbocycles. The van der Waals surface area contributed by atoms with E-state index in [1.165, 1.54) is 6.42 Å². The van der Waals surface area contributed by atoms with Crippen LogP contribution in [0.25, 0.3) is 0 Å². The number of carbonyl (C=O) groups is 1. The molecule has 20 heavy (non-hydrogen) atoms. The van der Waals surface area contributed by atoms with Crippen molar-refractivity contribution in [2.24, 2.45) is 11.8 Å². The van der Waals surface area contributed by atoms with Gasteiger partial charge in [0.15, 0.2) is 0 Å². The molecule has 0 bridgehead atoms. The van der Waals surface area contributed by atoms with Crippen molar-refractivity contribution in [3.63, 3.8) is 0 Å². The summed E-state index contributed by atoms with van der Waals surface area (Å²) in [4.78, 5) is 18.6. The SMILES string of the molecule is CC(C)CNc1ccc(C(=O)N2CCCC(C)C2)nc1. The first-order valence-corrected chi connectivity index (χ1v) is 7.55. The van der Waals surface area contributed by atoms with Crippen LogP contribution >= 0.6 is 0 Å². The van der Waals surface area contributed by atoms with E-state index in [2.05, 4.69) is 31.1 Å². The lowest BCUT2D eigenvalue weighted by atomic mass is 10.00. The molecule has 1 aliphatic heterocycles. The summed E-state index contributed by atoms with van der Waals surface area (Å²) in [7, 11) is 0. The molecule has 1 aromatic heterocycles. The molecule has 1 aromatic rings. The smallest absolute Gasteiger partial charge is 0.272 e. The van der Waals surface area contributed by atoms with Crippen LogP contribution in [-0.2, 0) is 0 Å². The van der Waals surface area contributed by atoms with Crippen molar-refractivity contribution in [1.29, 1.82) is 0 Å². The molecule has 1 fully saturated rings. The number of carbonyl (C=O) groups excluding carboxylic acids is 1. The Morgan fingerprint density at radius 2 is 2.30 bits per heavy atom. The number of nitrogens with zero attached hydrogens (tertiary/aromatic N) is 2. The highest BCUT2D eigenvalue weighted by molar-refractivity contribution is 5.92. The van der Waals surface area contributed by atoms with Crippen molar-refractivity contribution in [3.05, 3.63) is 24.0 Å². The van der Waals surface area contributed by atoms with E-state index in [4.69, 9.17) is 0 Å². The molecule has 0 spiro atoms. The highest BCUT2D eigenvalue weighted by atomic mass is 16.2. The van der Waals surface area contributed by atoms with E-state index in [-0.39, 0.29) is 5.91 Å². The van der Waals surface area contributed by atoms with E-state index in [1.54, 1.807) is 6.20 Å². The van der Waals surface area contributed by atoms with Crippen LogP contribution in [0.4, 0.5) is 5.69 Å². The van der Waals surface area contributed by atoms with Crippen LogP contribution in [0.1, 0.15) is 44.1 Å². The van der Waals surface area contributed by atoms with Gasteiger partial charge in [0.1, 0.15) is 5.69 Å². The van der Waals surface area contributed by atoms with Crippen LogP contribution < -0.4 is 5.32 Å². The quantitative estimate of drug-likeness (QED) is 0.918. The second kappa shape index (κ2) is 6.73. The number of anilines is 1. The minimum absolute atomic E-state index is 0.0620. The first-order chi connectivity index (χ1) is 9.56. The average molecular weight is 275 g/mol. The second-order valence-corrected chi connectivity index (χ2v) is 6.21. The summed E-state index contributed by atoms with van der Waals surface area (Å²) in [6.07, 6.45) is 4.07. The largest absolute Gasteiger partial charge is 0.384 e. The Balaban J connectivity index is 1.96. The van der Waals surface area contributed by atoms with Crippen LogP contribution in [0, 0.1) is 11.8 Å². The maximum absolute atomic E-state index is 12.4. The summed E-state index contributed by atoms with van der Waals surface area (Å²) < 4.78 is 0. The topological polar surface area (TPSA) is 45.2 Å². The minimum Gasteiger partial charge on any atom is -0.384 e. The fourth-order valence-corrected chi connectivity index (χ4v) is 2.48. The zero-order chi connectivity index (χ0) is 14.5. The van der Waals surface area contributed by atoms with Gasteiger partial charge in [0.05, 0.1) is 11.9 Å². The lowest BCUT2D eigenvalue weighted by Crippen LogP contribution is -2.39. The minimum atomic E-state index is 0.0620. The zero-order valence-corrected chi connectivity index (χ0v) is 12.7. The monoisotopic (exact) mass is 275 g/mol. The van der Waals surface area contributed by atoms with Crippen molar-refractivity contribution < 1.29 is 4.79 Å². The number of hydrogen-bond donors (Lipinski definition) is 1.